The molecular weight excluding hydrogens is 254 g/mol. The van der Waals surface area contributed by atoms with Gasteiger partial charge >= 0.3 is 0 Å². The molecule has 0 aliphatic carbocycles. The van der Waals surface area contributed by atoms with Crippen LogP contribution in [0.5, 0.6) is 0 Å². The van der Waals surface area contributed by atoms with Crippen LogP contribution in [0, 0.1) is 5.92 Å². The molecule has 1 aromatic rings. The number of aliphatic imine (C=N–C) groups is 1. The van der Waals surface area contributed by atoms with Crippen LogP contribution in [-0.2, 0) is 10.3 Å². The van der Waals surface area contributed by atoms with E-state index in [2.05, 4.69) is 11.9 Å². The molecule has 0 bridgehead atoms. The third kappa shape index (κ3) is 1.88. The SMILES string of the molecule is C[C@H]1C[C@H]2CSC(N)=N[C@@]2(c2nccs2)CO1. The van der Waals surface area contributed by atoms with E-state index in [0.29, 0.717) is 23.8 Å². The molecule has 0 aromatic carbocycles. The normalized spacial score (nSPS) is 37.4. The molecule has 1 saturated heterocycles. The first-order valence-corrected chi connectivity index (χ1v) is 7.57. The van der Waals surface area contributed by atoms with Crippen molar-refractivity contribution < 1.29 is 4.74 Å². The number of hydrogen-bond donors (Lipinski definition) is 1. The highest BCUT2D eigenvalue weighted by molar-refractivity contribution is 8.13. The zero-order chi connectivity index (χ0) is 11.9. The summed E-state index contributed by atoms with van der Waals surface area (Å²) in [6.45, 7) is 2.73. The number of nitrogens with two attached hydrogens (primary N) is 1. The zero-order valence-electron chi connectivity index (χ0n) is 9.63. The first-order valence-electron chi connectivity index (χ1n) is 5.70. The van der Waals surface area contributed by atoms with Gasteiger partial charge in [0.05, 0.1) is 12.7 Å². The molecule has 17 heavy (non-hydrogen) atoms. The van der Waals surface area contributed by atoms with Crippen molar-refractivity contribution in [2.75, 3.05) is 12.4 Å². The minimum absolute atomic E-state index is 0.309. The number of rotatable bonds is 1. The number of nitrogens with zero attached hydrogens (tertiary/aromatic N) is 2. The van der Waals surface area contributed by atoms with Crippen molar-refractivity contribution >= 4 is 28.3 Å². The summed E-state index contributed by atoms with van der Waals surface area (Å²) in [4.78, 5) is 9.13. The minimum atomic E-state index is -0.323. The molecule has 2 aliphatic heterocycles. The fraction of sp³-hybridized carbons (Fsp3) is 0.636. The molecule has 1 fully saturated rings. The minimum Gasteiger partial charge on any atom is -0.379 e. The number of thiazole rings is 1. The maximum absolute atomic E-state index is 5.90. The van der Waals surface area contributed by atoms with Crippen molar-refractivity contribution in [3.63, 3.8) is 0 Å². The lowest BCUT2D eigenvalue weighted by atomic mass is 9.80. The summed E-state index contributed by atoms with van der Waals surface area (Å²) in [5, 5.41) is 3.69. The van der Waals surface area contributed by atoms with Gasteiger partial charge in [0.15, 0.2) is 5.17 Å². The van der Waals surface area contributed by atoms with Crippen LogP contribution in [0.3, 0.4) is 0 Å². The summed E-state index contributed by atoms with van der Waals surface area (Å²) in [6.07, 6.45) is 3.17. The van der Waals surface area contributed by atoms with Crippen molar-refractivity contribution in [2.45, 2.75) is 25.0 Å². The molecule has 92 valence electrons. The molecule has 0 spiro atoms. The first-order chi connectivity index (χ1) is 8.21. The zero-order valence-corrected chi connectivity index (χ0v) is 11.3. The molecule has 6 heteroatoms. The fourth-order valence-corrected chi connectivity index (χ4v) is 4.38. The number of fused-ring (bicyclic) bond motifs is 1. The summed E-state index contributed by atoms with van der Waals surface area (Å²) in [7, 11) is 0. The van der Waals surface area contributed by atoms with Gasteiger partial charge in [-0.3, -0.25) is 0 Å². The molecular formula is C11H15N3OS2. The van der Waals surface area contributed by atoms with E-state index in [-0.39, 0.29) is 5.54 Å². The first kappa shape index (κ1) is 11.5. The summed E-state index contributed by atoms with van der Waals surface area (Å²) in [5.41, 5.74) is 5.58. The van der Waals surface area contributed by atoms with Gasteiger partial charge in [-0.25, -0.2) is 9.98 Å². The molecule has 3 rings (SSSR count). The average molecular weight is 269 g/mol. The smallest absolute Gasteiger partial charge is 0.154 e. The number of ether oxygens (including phenoxy) is 1. The van der Waals surface area contributed by atoms with Gasteiger partial charge in [-0.05, 0) is 13.3 Å². The van der Waals surface area contributed by atoms with Gasteiger partial charge in [-0.1, -0.05) is 11.8 Å². The lowest BCUT2D eigenvalue weighted by Gasteiger charge is -2.44. The molecule has 4 nitrogen and oxygen atoms in total. The van der Waals surface area contributed by atoms with Crippen LogP contribution in [0.2, 0.25) is 0 Å². The Morgan fingerprint density at radius 2 is 2.47 bits per heavy atom. The van der Waals surface area contributed by atoms with E-state index in [1.54, 1.807) is 23.1 Å². The predicted octanol–water partition coefficient (Wildman–Crippen LogP) is 1.82. The van der Waals surface area contributed by atoms with Gasteiger partial charge in [0.2, 0.25) is 0 Å². The van der Waals surface area contributed by atoms with Crippen molar-refractivity contribution in [1.82, 2.24) is 4.98 Å². The number of hydrogen-bond acceptors (Lipinski definition) is 6. The van der Waals surface area contributed by atoms with Crippen LogP contribution in [0.15, 0.2) is 16.6 Å². The Morgan fingerprint density at radius 3 is 3.24 bits per heavy atom. The van der Waals surface area contributed by atoms with Crippen LogP contribution in [0.25, 0.3) is 0 Å². The van der Waals surface area contributed by atoms with Gasteiger partial charge in [-0.2, -0.15) is 0 Å². The van der Waals surface area contributed by atoms with Crippen LogP contribution < -0.4 is 5.73 Å². The summed E-state index contributed by atoms with van der Waals surface area (Å²) >= 11 is 3.30. The number of amidine groups is 1. The molecule has 3 atom stereocenters. The van der Waals surface area contributed by atoms with Crippen molar-refractivity contribution in [2.24, 2.45) is 16.6 Å². The summed E-state index contributed by atoms with van der Waals surface area (Å²) in [5.74, 6) is 1.50. The lowest BCUT2D eigenvalue weighted by molar-refractivity contribution is -0.0466. The quantitative estimate of drug-likeness (QED) is 0.845. The molecule has 0 unspecified atom stereocenters. The Labute approximate surface area is 109 Å². The largest absolute Gasteiger partial charge is 0.379 e. The Balaban J connectivity index is 2.04. The second-order valence-electron chi connectivity index (χ2n) is 4.58. The van der Waals surface area contributed by atoms with Gasteiger partial charge in [-0.15, -0.1) is 11.3 Å². The maximum atomic E-state index is 5.90. The van der Waals surface area contributed by atoms with E-state index in [9.17, 15) is 0 Å². The van der Waals surface area contributed by atoms with Crippen molar-refractivity contribution in [1.29, 1.82) is 0 Å². The highest BCUT2D eigenvalue weighted by Crippen LogP contribution is 2.46. The highest BCUT2D eigenvalue weighted by Gasteiger charge is 2.48. The summed E-state index contributed by atoms with van der Waals surface area (Å²) in [6, 6.07) is 0. The standard InChI is InChI=1S/C11H15N3OS2/c1-7-4-8-5-17-10(12)14-11(8,6-15-7)9-13-2-3-16-9/h2-3,7-8H,4-6H2,1H3,(H2,12,14)/t7-,8-,11-/m0/s1. The van der Waals surface area contributed by atoms with Gasteiger partial charge in [0.25, 0.3) is 0 Å². The second-order valence-corrected chi connectivity index (χ2v) is 6.51. The van der Waals surface area contributed by atoms with Crippen LogP contribution in [0.1, 0.15) is 18.4 Å². The summed E-state index contributed by atoms with van der Waals surface area (Å²) < 4.78 is 5.82. The van der Waals surface area contributed by atoms with Crippen LogP contribution in [-0.4, -0.2) is 28.6 Å². The Kier molecular flexibility index (Phi) is 2.88. The lowest BCUT2D eigenvalue weighted by Crippen LogP contribution is -2.49. The fourth-order valence-electron chi connectivity index (χ4n) is 2.52. The van der Waals surface area contributed by atoms with Crippen molar-refractivity contribution in [3.05, 3.63) is 16.6 Å². The maximum Gasteiger partial charge on any atom is 0.154 e. The predicted molar refractivity (Wildman–Crippen MR) is 71.4 cm³/mol. The third-order valence-corrected chi connectivity index (χ3v) is 5.32. The van der Waals surface area contributed by atoms with E-state index in [4.69, 9.17) is 15.5 Å². The van der Waals surface area contributed by atoms with Crippen LogP contribution >= 0.6 is 23.1 Å². The Hall–Kier alpha value is -0.590. The average Bonchev–Trinajstić information content (AvgIpc) is 2.83. The Morgan fingerprint density at radius 1 is 1.59 bits per heavy atom. The molecule has 0 amide bonds. The molecule has 0 radical (unpaired) electrons. The van der Waals surface area contributed by atoms with Gasteiger partial charge < -0.3 is 10.5 Å². The van der Waals surface area contributed by atoms with E-state index >= 15 is 0 Å². The van der Waals surface area contributed by atoms with Crippen molar-refractivity contribution in [3.8, 4) is 0 Å². The van der Waals surface area contributed by atoms with Gasteiger partial charge in [0, 0.05) is 23.2 Å². The second kappa shape index (κ2) is 4.26. The van der Waals surface area contributed by atoms with Crippen LogP contribution in [0.4, 0.5) is 0 Å². The molecule has 0 saturated carbocycles. The topological polar surface area (TPSA) is 60.5 Å². The van der Waals surface area contributed by atoms with E-state index in [1.807, 2.05) is 11.6 Å². The van der Waals surface area contributed by atoms with Gasteiger partial charge in [0.1, 0.15) is 10.5 Å². The monoisotopic (exact) mass is 269 g/mol. The van der Waals surface area contributed by atoms with E-state index < -0.39 is 0 Å². The molecule has 3 heterocycles. The molecule has 2 aliphatic rings. The highest BCUT2D eigenvalue weighted by atomic mass is 32.2. The number of aromatic nitrogens is 1. The molecule has 1 aromatic heterocycles. The van der Waals surface area contributed by atoms with E-state index in [0.717, 1.165) is 17.2 Å². The third-order valence-electron chi connectivity index (χ3n) is 3.42. The Bertz CT molecular complexity index is 434. The molecule has 2 N–H and O–H groups in total. The number of thioether (sulfide) groups is 1. The van der Waals surface area contributed by atoms with E-state index in [1.165, 1.54) is 0 Å².